The van der Waals surface area contributed by atoms with Crippen molar-refractivity contribution in [1.29, 1.82) is 0 Å². The first-order valence-electron chi connectivity index (χ1n) is 5.01. The van der Waals surface area contributed by atoms with Gasteiger partial charge in [-0.25, -0.2) is 8.78 Å². The molecule has 0 radical (unpaired) electrons. The number of benzene rings is 1. The lowest BCUT2D eigenvalue weighted by Gasteiger charge is -2.14. The largest absolute Gasteiger partial charge is 0.481 e. The minimum atomic E-state index is -2.72. The summed E-state index contributed by atoms with van der Waals surface area (Å²) in [5.41, 5.74) is 0.761. The van der Waals surface area contributed by atoms with Gasteiger partial charge in [-0.1, -0.05) is 18.2 Å². The SMILES string of the molecule is O=C(O)CC(c1cccc2cn[nH]c12)C(F)F. The van der Waals surface area contributed by atoms with Crippen LogP contribution in [-0.2, 0) is 4.79 Å². The molecule has 0 spiro atoms. The molecule has 0 aliphatic heterocycles. The van der Waals surface area contributed by atoms with Crippen LogP contribution in [0.2, 0.25) is 0 Å². The number of aliphatic carboxylic acids is 1. The van der Waals surface area contributed by atoms with Crippen molar-refractivity contribution in [1.82, 2.24) is 10.2 Å². The number of rotatable bonds is 4. The summed E-state index contributed by atoms with van der Waals surface area (Å²) in [6.45, 7) is 0. The highest BCUT2D eigenvalue weighted by atomic mass is 19.3. The Hall–Kier alpha value is -1.98. The van der Waals surface area contributed by atoms with E-state index in [1.807, 2.05) is 0 Å². The van der Waals surface area contributed by atoms with Gasteiger partial charge in [-0.15, -0.1) is 0 Å². The summed E-state index contributed by atoms with van der Waals surface area (Å²) in [6.07, 6.45) is -1.81. The van der Waals surface area contributed by atoms with Crippen molar-refractivity contribution in [3.05, 3.63) is 30.0 Å². The van der Waals surface area contributed by atoms with Crippen molar-refractivity contribution >= 4 is 16.9 Å². The Morgan fingerprint density at radius 2 is 2.24 bits per heavy atom. The summed E-state index contributed by atoms with van der Waals surface area (Å²) >= 11 is 0. The normalized spacial score (nSPS) is 13.1. The number of aromatic nitrogens is 2. The molecule has 0 aliphatic carbocycles. The number of aromatic amines is 1. The maximum Gasteiger partial charge on any atom is 0.304 e. The highest BCUT2D eigenvalue weighted by molar-refractivity contribution is 5.82. The molecular weight excluding hydrogens is 230 g/mol. The zero-order valence-corrected chi connectivity index (χ0v) is 8.73. The van der Waals surface area contributed by atoms with E-state index in [2.05, 4.69) is 10.2 Å². The van der Waals surface area contributed by atoms with E-state index in [4.69, 9.17) is 5.11 Å². The summed E-state index contributed by atoms with van der Waals surface area (Å²) < 4.78 is 25.8. The number of halogens is 2. The monoisotopic (exact) mass is 240 g/mol. The molecule has 90 valence electrons. The highest BCUT2D eigenvalue weighted by Crippen LogP contribution is 2.31. The van der Waals surface area contributed by atoms with Crippen molar-refractivity contribution < 1.29 is 18.7 Å². The van der Waals surface area contributed by atoms with Crippen molar-refractivity contribution in [3.8, 4) is 0 Å². The first-order chi connectivity index (χ1) is 8.09. The third-order valence-corrected chi connectivity index (χ3v) is 2.61. The van der Waals surface area contributed by atoms with E-state index in [0.717, 1.165) is 0 Å². The Morgan fingerprint density at radius 3 is 2.88 bits per heavy atom. The van der Waals surface area contributed by atoms with Gasteiger partial charge in [0.1, 0.15) is 0 Å². The van der Waals surface area contributed by atoms with E-state index in [1.165, 1.54) is 12.3 Å². The van der Waals surface area contributed by atoms with Gasteiger partial charge in [-0.2, -0.15) is 5.10 Å². The number of hydrogen-bond donors (Lipinski definition) is 2. The van der Waals surface area contributed by atoms with E-state index in [1.54, 1.807) is 12.1 Å². The molecule has 0 amide bonds. The molecule has 2 N–H and O–H groups in total. The molecular formula is C11H10F2N2O2. The zero-order chi connectivity index (χ0) is 12.4. The predicted molar refractivity (Wildman–Crippen MR) is 57.1 cm³/mol. The molecule has 6 heteroatoms. The Labute approximate surface area is 95.3 Å². The van der Waals surface area contributed by atoms with Gasteiger partial charge in [0, 0.05) is 5.39 Å². The molecule has 0 aliphatic rings. The number of alkyl halides is 2. The lowest BCUT2D eigenvalue weighted by atomic mass is 9.94. The van der Waals surface area contributed by atoms with Crippen molar-refractivity contribution in [2.45, 2.75) is 18.8 Å². The van der Waals surface area contributed by atoms with E-state index in [9.17, 15) is 13.6 Å². The van der Waals surface area contributed by atoms with Crippen LogP contribution in [0.25, 0.3) is 10.9 Å². The van der Waals surface area contributed by atoms with Crippen molar-refractivity contribution in [2.24, 2.45) is 0 Å². The molecule has 0 saturated carbocycles. The van der Waals surface area contributed by atoms with Gasteiger partial charge < -0.3 is 5.11 Å². The minimum Gasteiger partial charge on any atom is -0.481 e. The van der Waals surface area contributed by atoms with Gasteiger partial charge in [0.25, 0.3) is 0 Å². The van der Waals surface area contributed by atoms with Crippen LogP contribution in [-0.4, -0.2) is 27.7 Å². The van der Waals surface area contributed by atoms with Gasteiger partial charge in [-0.3, -0.25) is 9.89 Å². The Balaban J connectivity index is 2.48. The number of fused-ring (bicyclic) bond motifs is 1. The summed E-state index contributed by atoms with van der Waals surface area (Å²) in [4.78, 5) is 10.6. The summed E-state index contributed by atoms with van der Waals surface area (Å²) in [6, 6.07) is 4.84. The lowest BCUT2D eigenvalue weighted by molar-refractivity contribution is -0.138. The number of hydrogen-bond acceptors (Lipinski definition) is 2. The third kappa shape index (κ3) is 2.25. The van der Waals surface area contributed by atoms with Crippen LogP contribution in [0.4, 0.5) is 8.78 Å². The first-order valence-corrected chi connectivity index (χ1v) is 5.01. The Kier molecular flexibility index (Phi) is 3.03. The Bertz CT molecular complexity index is 539. The number of carboxylic acids is 1. The van der Waals surface area contributed by atoms with Gasteiger partial charge in [0.05, 0.1) is 24.1 Å². The number of H-pyrrole nitrogens is 1. The van der Waals surface area contributed by atoms with Gasteiger partial charge in [-0.05, 0) is 5.56 Å². The number of nitrogens with one attached hydrogen (secondary N) is 1. The summed E-state index contributed by atoms with van der Waals surface area (Å²) in [5, 5.41) is 15.7. The molecule has 1 atom stereocenters. The maximum absolute atomic E-state index is 12.9. The molecule has 1 heterocycles. The van der Waals surface area contributed by atoms with E-state index < -0.39 is 24.7 Å². The topological polar surface area (TPSA) is 66.0 Å². The van der Waals surface area contributed by atoms with Crippen LogP contribution in [0, 0.1) is 0 Å². The predicted octanol–water partition coefficient (Wildman–Crippen LogP) is 2.39. The van der Waals surface area contributed by atoms with E-state index in [-0.39, 0.29) is 5.56 Å². The van der Waals surface area contributed by atoms with Crippen LogP contribution >= 0.6 is 0 Å². The molecule has 0 fully saturated rings. The molecule has 0 bridgehead atoms. The number of carbonyl (C=O) groups is 1. The average molecular weight is 240 g/mol. The fourth-order valence-corrected chi connectivity index (χ4v) is 1.82. The van der Waals surface area contributed by atoms with Crippen molar-refractivity contribution in [3.63, 3.8) is 0 Å². The second-order valence-electron chi connectivity index (χ2n) is 3.72. The summed E-state index contributed by atoms with van der Waals surface area (Å²) in [7, 11) is 0. The standard InChI is InChI=1S/C11H10F2N2O2/c12-11(13)8(4-9(16)17)7-3-1-2-6-5-14-15-10(6)7/h1-3,5,8,11H,4H2,(H,14,15)(H,16,17). The molecule has 1 unspecified atom stereocenters. The lowest BCUT2D eigenvalue weighted by Crippen LogP contribution is -2.14. The van der Waals surface area contributed by atoms with Gasteiger partial charge >= 0.3 is 5.97 Å². The number of nitrogens with zero attached hydrogens (tertiary/aromatic N) is 1. The molecule has 2 aromatic rings. The van der Waals surface area contributed by atoms with Gasteiger partial charge in [0.2, 0.25) is 6.43 Å². The van der Waals surface area contributed by atoms with Crippen LogP contribution < -0.4 is 0 Å². The smallest absolute Gasteiger partial charge is 0.304 e. The maximum atomic E-state index is 12.9. The van der Waals surface area contributed by atoms with Crippen LogP contribution in [0.1, 0.15) is 17.9 Å². The van der Waals surface area contributed by atoms with E-state index in [0.29, 0.717) is 10.9 Å². The molecule has 4 nitrogen and oxygen atoms in total. The second kappa shape index (κ2) is 4.48. The minimum absolute atomic E-state index is 0.289. The van der Waals surface area contributed by atoms with E-state index >= 15 is 0 Å². The molecule has 17 heavy (non-hydrogen) atoms. The fourth-order valence-electron chi connectivity index (χ4n) is 1.82. The highest BCUT2D eigenvalue weighted by Gasteiger charge is 2.27. The van der Waals surface area contributed by atoms with Crippen LogP contribution in [0.3, 0.4) is 0 Å². The zero-order valence-electron chi connectivity index (χ0n) is 8.73. The third-order valence-electron chi connectivity index (χ3n) is 2.61. The summed E-state index contributed by atoms with van der Waals surface area (Å²) in [5.74, 6) is -2.57. The molecule has 1 aromatic carbocycles. The van der Waals surface area contributed by atoms with Crippen LogP contribution in [0.15, 0.2) is 24.4 Å². The second-order valence-corrected chi connectivity index (χ2v) is 3.72. The molecule has 1 aromatic heterocycles. The first kappa shape index (κ1) is 11.5. The van der Waals surface area contributed by atoms with Crippen LogP contribution in [0.5, 0.6) is 0 Å². The Morgan fingerprint density at radius 1 is 1.47 bits per heavy atom. The average Bonchev–Trinajstić information content (AvgIpc) is 2.73. The molecule has 2 rings (SSSR count). The number of para-hydroxylation sites is 1. The fraction of sp³-hybridized carbons (Fsp3) is 0.273. The number of carboxylic acid groups (broad SMARTS) is 1. The molecule has 0 saturated heterocycles. The quantitative estimate of drug-likeness (QED) is 0.862. The van der Waals surface area contributed by atoms with Crippen molar-refractivity contribution in [2.75, 3.05) is 0 Å². The van der Waals surface area contributed by atoms with Gasteiger partial charge in [0.15, 0.2) is 0 Å².